The molecule has 2 heteroatoms. The number of ether oxygens (including phenoxy) is 1. The Hall–Kier alpha value is -7.42. The van der Waals surface area contributed by atoms with Gasteiger partial charge >= 0.3 is 0 Å². The molecule has 9 rings (SSSR count). The molecule has 0 fully saturated rings. The number of fused-ring (bicyclic) bond motifs is 5. The maximum atomic E-state index is 6.42. The molecule has 0 unspecified atom stereocenters. The molecule has 290 valence electrons. The summed E-state index contributed by atoms with van der Waals surface area (Å²) in [6.07, 6.45) is 17.2. The fourth-order valence-corrected chi connectivity index (χ4v) is 9.20. The Morgan fingerprint density at radius 2 is 1.38 bits per heavy atom. The van der Waals surface area contributed by atoms with E-state index in [4.69, 9.17) is 11.3 Å². The van der Waals surface area contributed by atoms with E-state index in [1.807, 2.05) is 24.3 Å². The Morgan fingerprint density at radius 3 is 2.13 bits per heavy atom. The summed E-state index contributed by atoms with van der Waals surface area (Å²) in [6.45, 7) is 17.4. The lowest BCUT2D eigenvalue weighted by molar-refractivity contribution is 0.441. The summed E-state index contributed by atoms with van der Waals surface area (Å²) in [5, 5.41) is 2.31. The van der Waals surface area contributed by atoms with Gasteiger partial charge in [0, 0.05) is 22.6 Å². The molecule has 0 atom stereocenters. The van der Waals surface area contributed by atoms with Gasteiger partial charge < -0.3 is 9.64 Å². The third kappa shape index (κ3) is 6.57. The molecular formula is C58H47NO. The van der Waals surface area contributed by atoms with Crippen LogP contribution in [-0.4, -0.2) is 0 Å². The second-order valence-electron chi connectivity index (χ2n) is 15.4. The second kappa shape index (κ2) is 16.1. The van der Waals surface area contributed by atoms with Crippen LogP contribution >= 0.6 is 0 Å². The smallest absolute Gasteiger partial charge is 0.138 e. The van der Waals surface area contributed by atoms with Crippen LogP contribution in [0.25, 0.3) is 33.5 Å². The van der Waals surface area contributed by atoms with Crippen LogP contribution in [0.3, 0.4) is 0 Å². The van der Waals surface area contributed by atoms with Crippen LogP contribution in [0, 0.1) is 6.92 Å². The number of aryl methyl sites for hydroxylation is 1. The van der Waals surface area contributed by atoms with Crippen LogP contribution in [0.15, 0.2) is 225 Å². The van der Waals surface area contributed by atoms with Crippen molar-refractivity contribution in [1.29, 1.82) is 0 Å². The van der Waals surface area contributed by atoms with Crippen molar-refractivity contribution in [2.45, 2.75) is 25.7 Å². The number of anilines is 2. The molecule has 1 aliphatic carbocycles. The summed E-state index contributed by atoms with van der Waals surface area (Å²) >= 11 is 0. The van der Waals surface area contributed by atoms with Crippen molar-refractivity contribution in [3.8, 4) is 16.9 Å². The van der Waals surface area contributed by atoms with E-state index in [0.29, 0.717) is 5.76 Å². The molecule has 0 bridgehead atoms. The number of benzene rings is 7. The summed E-state index contributed by atoms with van der Waals surface area (Å²) in [6, 6.07) is 55.1. The molecule has 0 N–H and O–H groups in total. The summed E-state index contributed by atoms with van der Waals surface area (Å²) in [5.41, 5.74) is 15.2. The van der Waals surface area contributed by atoms with Crippen molar-refractivity contribution in [1.82, 2.24) is 0 Å². The number of nitrogens with zero attached hydrogens (tertiary/aromatic N) is 1. The Kier molecular flexibility index (Phi) is 10.2. The average Bonchev–Trinajstić information content (AvgIpc) is 3.62. The van der Waals surface area contributed by atoms with E-state index in [2.05, 4.69) is 208 Å². The topological polar surface area (TPSA) is 12.5 Å². The second-order valence-corrected chi connectivity index (χ2v) is 15.4. The molecule has 1 heterocycles. The highest BCUT2D eigenvalue weighted by molar-refractivity contribution is 5.96. The Balaban J connectivity index is 1.23. The largest absolute Gasteiger partial charge is 0.457 e. The standard InChI is InChI=1S/C58H47NO/c1-6-43(51-28-19-22-45-21-12-8-11-20-42(5)60-57(45)51)33-31-41(4)59(48-35-34-44-32-30-40(3)50(7-2)54(44)38-48)49-36-37-53-52-27-17-18-29-55(52)58(56(53)39-49,46-23-13-9-14-24-46)47-25-15-10-16-26-47/h6-20,22-39H,2,4-5,21H2,1,3H3/b12-8-,20-11-,33-31-,43-6+. The molecule has 60 heavy (non-hydrogen) atoms. The lowest BCUT2D eigenvalue weighted by Crippen LogP contribution is -2.28. The minimum atomic E-state index is -0.542. The minimum Gasteiger partial charge on any atom is -0.457 e. The van der Waals surface area contributed by atoms with Crippen LogP contribution in [0.4, 0.5) is 11.4 Å². The molecular weight excluding hydrogens is 727 g/mol. The van der Waals surface area contributed by atoms with Crippen LogP contribution in [-0.2, 0) is 11.8 Å². The molecule has 0 amide bonds. The molecule has 0 radical (unpaired) electrons. The third-order valence-corrected chi connectivity index (χ3v) is 12.0. The number of hydrogen-bond acceptors (Lipinski definition) is 2. The molecule has 0 aromatic heterocycles. The monoisotopic (exact) mass is 773 g/mol. The van der Waals surface area contributed by atoms with Crippen LogP contribution in [0.1, 0.15) is 51.4 Å². The highest BCUT2D eigenvalue weighted by Gasteiger charge is 2.46. The van der Waals surface area contributed by atoms with Gasteiger partial charge in [-0.25, -0.2) is 0 Å². The fourth-order valence-electron chi connectivity index (χ4n) is 9.20. The summed E-state index contributed by atoms with van der Waals surface area (Å²) in [7, 11) is 0. The molecule has 1 aliphatic heterocycles. The summed E-state index contributed by atoms with van der Waals surface area (Å²) in [4.78, 5) is 2.29. The number of hydrogen-bond donors (Lipinski definition) is 0. The van der Waals surface area contributed by atoms with Crippen molar-refractivity contribution >= 4 is 33.8 Å². The maximum absolute atomic E-state index is 6.42. The average molecular weight is 774 g/mol. The fraction of sp³-hybridized carbons (Fsp3) is 0.0690. The van der Waals surface area contributed by atoms with Gasteiger partial charge in [-0.15, -0.1) is 0 Å². The predicted molar refractivity (Wildman–Crippen MR) is 255 cm³/mol. The molecule has 7 aromatic carbocycles. The zero-order valence-electron chi connectivity index (χ0n) is 34.2. The van der Waals surface area contributed by atoms with Crippen molar-refractivity contribution in [3.05, 3.63) is 270 Å². The first kappa shape index (κ1) is 38.1. The van der Waals surface area contributed by atoms with Crippen LogP contribution in [0.2, 0.25) is 0 Å². The SMILES string of the molecule is C=Cc1c(C)ccc2ccc(N(C(=C)/C=C\C(=C/C)c3cccc4c3OC(=C)/C=C\C=C/C4)c3ccc4c(c3)C(c3ccccc3)(c3ccccc3)c3ccccc3-4)cc12. The molecule has 2 nitrogen and oxygen atoms in total. The van der Waals surface area contributed by atoms with Gasteiger partial charge in [0.15, 0.2) is 0 Å². The van der Waals surface area contributed by atoms with Crippen LogP contribution in [0.5, 0.6) is 5.75 Å². The van der Waals surface area contributed by atoms with E-state index in [-0.39, 0.29) is 0 Å². The van der Waals surface area contributed by atoms with Crippen LogP contribution < -0.4 is 9.64 Å². The molecule has 7 aromatic rings. The first-order valence-electron chi connectivity index (χ1n) is 20.6. The van der Waals surface area contributed by atoms with Gasteiger partial charge in [0.05, 0.1) is 5.41 Å². The van der Waals surface area contributed by atoms with E-state index in [9.17, 15) is 0 Å². The zero-order chi connectivity index (χ0) is 41.2. The van der Waals surface area contributed by atoms with Gasteiger partial charge in [-0.2, -0.15) is 0 Å². The Bertz CT molecular complexity index is 2900. The van der Waals surface area contributed by atoms with Gasteiger partial charge in [-0.3, -0.25) is 0 Å². The lowest BCUT2D eigenvalue weighted by atomic mass is 9.67. The first-order chi connectivity index (χ1) is 29.4. The van der Waals surface area contributed by atoms with Crippen molar-refractivity contribution in [2.24, 2.45) is 0 Å². The third-order valence-electron chi connectivity index (χ3n) is 12.0. The van der Waals surface area contributed by atoms with E-state index >= 15 is 0 Å². The van der Waals surface area contributed by atoms with Crippen molar-refractivity contribution in [2.75, 3.05) is 4.90 Å². The Morgan fingerprint density at radius 1 is 0.700 bits per heavy atom. The number of para-hydroxylation sites is 1. The van der Waals surface area contributed by atoms with E-state index in [1.54, 1.807) is 0 Å². The van der Waals surface area contributed by atoms with E-state index in [1.165, 1.54) is 38.9 Å². The lowest BCUT2D eigenvalue weighted by Gasteiger charge is -2.35. The van der Waals surface area contributed by atoms with Gasteiger partial charge in [0.25, 0.3) is 0 Å². The molecule has 0 saturated carbocycles. The summed E-state index contributed by atoms with van der Waals surface area (Å²) < 4.78 is 6.42. The highest BCUT2D eigenvalue weighted by Crippen LogP contribution is 2.57. The summed E-state index contributed by atoms with van der Waals surface area (Å²) in [5.74, 6) is 1.41. The highest BCUT2D eigenvalue weighted by atomic mass is 16.5. The molecule has 0 spiro atoms. The molecule has 0 saturated heterocycles. The minimum absolute atomic E-state index is 0.542. The number of rotatable bonds is 9. The van der Waals surface area contributed by atoms with Gasteiger partial charge in [-0.05, 0) is 123 Å². The van der Waals surface area contributed by atoms with Crippen molar-refractivity contribution in [3.63, 3.8) is 0 Å². The van der Waals surface area contributed by atoms with Crippen molar-refractivity contribution < 1.29 is 4.74 Å². The zero-order valence-corrected chi connectivity index (χ0v) is 34.2. The van der Waals surface area contributed by atoms with Gasteiger partial charge in [0.2, 0.25) is 0 Å². The normalized spacial score (nSPS) is 15.2. The first-order valence-corrected chi connectivity index (χ1v) is 20.6. The quantitative estimate of drug-likeness (QED) is 0.135. The van der Waals surface area contributed by atoms with Gasteiger partial charge in [-0.1, -0.05) is 184 Å². The number of allylic oxidation sites excluding steroid dienone is 8. The molecule has 2 aliphatic rings. The maximum Gasteiger partial charge on any atom is 0.138 e. The predicted octanol–water partition coefficient (Wildman–Crippen LogP) is 15.0. The van der Waals surface area contributed by atoms with E-state index in [0.717, 1.165) is 62.3 Å². The Labute approximate surface area is 354 Å². The van der Waals surface area contributed by atoms with E-state index < -0.39 is 5.41 Å². The van der Waals surface area contributed by atoms with Gasteiger partial charge in [0.1, 0.15) is 11.5 Å².